The fourth-order valence-corrected chi connectivity index (χ4v) is 3.53. The van der Waals surface area contributed by atoms with Crippen LogP contribution >= 0.6 is 35.3 Å². The van der Waals surface area contributed by atoms with Crippen LogP contribution in [0.5, 0.6) is 0 Å². The Labute approximate surface area is 167 Å². The Morgan fingerprint density at radius 2 is 2.33 bits per heavy atom. The number of morpholine rings is 1. The third-order valence-electron chi connectivity index (χ3n) is 4.09. The number of hydrogen-bond acceptors (Lipinski definition) is 4. The molecule has 2 N–H and O–H groups in total. The van der Waals surface area contributed by atoms with E-state index in [1.807, 2.05) is 0 Å². The lowest BCUT2D eigenvalue weighted by molar-refractivity contribution is -0.0165. The summed E-state index contributed by atoms with van der Waals surface area (Å²) in [5, 5.41) is 8.89. The highest BCUT2D eigenvalue weighted by Gasteiger charge is 2.23. The second kappa shape index (κ2) is 12.1. The van der Waals surface area contributed by atoms with Crippen LogP contribution in [0.2, 0.25) is 0 Å². The molecule has 1 aliphatic heterocycles. The SMILES string of the molecule is CCNC(=NCC(C)N1CCOCC1C)NCCc1cccs1.I. The van der Waals surface area contributed by atoms with Crippen molar-refractivity contribution in [1.29, 1.82) is 0 Å². The van der Waals surface area contributed by atoms with Crippen LogP contribution in [0.4, 0.5) is 0 Å². The quantitative estimate of drug-likeness (QED) is 0.369. The van der Waals surface area contributed by atoms with Gasteiger partial charge in [0.15, 0.2) is 5.96 Å². The first-order valence-corrected chi connectivity index (χ1v) is 9.46. The average Bonchev–Trinajstić information content (AvgIpc) is 3.06. The Morgan fingerprint density at radius 1 is 1.50 bits per heavy atom. The van der Waals surface area contributed by atoms with Gasteiger partial charge in [-0.3, -0.25) is 9.89 Å². The first-order chi connectivity index (χ1) is 11.2. The molecular weight excluding hydrogens is 435 g/mol. The minimum atomic E-state index is 0. The van der Waals surface area contributed by atoms with Gasteiger partial charge in [0.25, 0.3) is 0 Å². The number of guanidine groups is 1. The van der Waals surface area contributed by atoms with E-state index in [-0.39, 0.29) is 24.0 Å². The minimum absolute atomic E-state index is 0. The summed E-state index contributed by atoms with van der Waals surface area (Å²) in [6, 6.07) is 5.19. The molecule has 0 saturated carbocycles. The third kappa shape index (κ3) is 7.25. The average molecular weight is 466 g/mol. The van der Waals surface area contributed by atoms with E-state index in [2.05, 4.69) is 53.8 Å². The molecule has 0 aromatic carbocycles. The molecule has 2 heterocycles. The zero-order chi connectivity index (χ0) is 16.5. The van der Waals surface area contributed by atoms with Crippen molar-refractivity contribution in [2.45, 2.75) is 39.3 Å². The first kappa shape index (κ1) is 21.7. The van der Waals surface area contributed by atoms with Gasteiger partial charge >= 0.3 is 0 Å². The lowest BCUT2D eigenvalue weighted by atomic mass is 10.2. The van der Waals surface area contributed by atoms with E-state index >= 15 is 0 Å². The summed E-state index contributed by atoms with van der Waals surface area (Å²) >= 11 is 1.81. The van der Waals surface area contributed by atoms with Crippen molar-refractivity contribution in [1.82, 2.24) is 15.5 Å². The second-order valence-corrected chi connectivity index (χ2v) is 7.02. The number of rotatable bonds is 7. The molecule has 1 aromatic rings. The maximum absolute atomic E-state index is 5.51. The Hall–Kier alpha value is -0.380. The van der Waals surface area contributed by atoms with Crippen LogP contribution in [-0.4, -0.2) is 62.3 Å². The Balaban J connectivity index is 0.00000288. The van der Waals surface area contributed by atoms with E-state index in [0.717, 1.165) is 51.8 Å². The normalized spacial score (nSPS) is 20.3. The lowest BCUT2D eigenvalue weighted by Gasteiger charge is -2.37. The third-order valence-corrected chi connectivity index (χ3v) is 5.02. The number of nitrogens with zero attached hydrogens (tertiary/aromatic N) is 2. The first-order valence-electron chi connectivity index (χ1n) is 8.58. The number of hydrogen-bond donors (Lipinski definition) is 2. The topological polar surface area (TPSA) is 48.9 Å². The largest absolute Gasteiger partial charge is 0.379 e. The minimum Gasteiger partial charge on any atom is -0.379 e. The van der Waals surface area contributed by atoms with E-state index < -0.39 is 0 Å². The van der Waals surface area contributed by atoms with Crippen LogP contribution in [0.1, 0.15) is 25.6 Å². The van der Waals surface area contributed by atoms with E-state index in [0.29, 0.717) is 12.1 Å². The Bertz CT molecular complexity index is 469. The maximum Gasteiger partial charge on any atom is 0.191 e. The molecule has 24 heavy (non-hydrogen) atoms. The predicted octanol–water partition coefficient (Wildman–Crippen LogP) is 2.57. The summed E-state index contributed by atoms with van der Waals surface area (Å²) in [6.07, 6.45) is 1.04. The van der Waals surface area contributed by atoms with Crippen molar-refractivity contribution in [2.24, 2.45) is 4.99 Å². The number of aliphatic imine (C=N–C) groups is 1. The number of nitrogens with one attached hydrogen (secondary N) is 2. The Morgan fingerprint density at radius 3 is 3.00 bits per heavy atom. The number of halogens is 1. The van der Waals surface area contributed by atoms with Crippen molar-refractivity contribution < 1.29 is 4.74 Å². The molecule has 2 rings (SSSR count). The molecule has 2 unspecified atom stereocenters. The molecule has 1 aliphatic rings. The van der Waals surface area contributed by atoms with Gasteiger partial charge in [0.2, 0.25) is 0 Å². The molecule has 138 valence electrons. The van der Waals surface area contributed by atoms with Crippen LogP contribution in [0.25, 0.3) is 0 Å². The summed E-state index contributed by atoms with van der Waals surface area (Å²) in [5.41, 5.74) is 0. The zero-order valence-corrected chi connectivity index (χ0v) is 18.1. The predicted molar refractivity (Wildman–Crippen MR) is 114 cm³/mol. The molecule has 1 saturated heterocycles. The van der Waals surface area contributed by atoms with Gasteiger partial charge in [-0.2, -0.15) is 0 Å². The van der Waals surface area contributed by atoms with Crippen molar-refractivity contribution in [3.63, 3.8) is 0 Å². The Kier molecular flexibility index (Phi) is 10.9. The standard InChI is InChI=1S/C17H30N4OS.HI/c1-4-18-17(19-8-7-16-6-5-11-23-16)20-12-14(2)21-9-10-22-13-15(21)3;/h5-6,11,14-15H,4,7-10,12-13H2,1-3H3,(H2,18,19,20);1H. The van der Waals surface area contributed by atoms with Gasteiger partial charge in [-0.15, -0.1) is 35.3 Å². The van der Waals surface area contributed by atoms with E-state index in [9.17, 15) is 0 Å². The van der Waals surface area contributed by atoms with E-state index in [1.165, 1.54) is 4.88 Å². The molecule has 1 aromatic heterocycles. The molecule has 2 atom stereocenters. The van der Waals surface area contributed by atoms with Crippen LogP contribution in [-0.2, 0) is 11.2 Å². The maximum atomic E-state index is 5.51. The van der Waals surface area contributed by atoms with Crippen molar-refractivity contribution in [3.05, 3.63) is 22.4 Å². The van der Waals surface area contributed by atoms with E-state index in [1.54, 1.807) is 11.3 Å². The molecule has 0 amide bonds. The molecule has 0 radical (unpaired) electrons. The summed E-state index contributed by atoms with van der Waals surface area (Å²) in [4.78, 5) is 8.65. The van der Waals surface area contributed by atoms with Gasteiger partial charge in [0, 0.05) is 36.6 Å². The van der Waals surface area contributed by atoms with Gasteiger partial charge in [0.05, 0.1) is 19.8 Å². The van der Waals surface area contributed by atoms with Crippen LogP contribution in [0.15, 0.2) is 22.5 Å². The summed E-state index contributed by atoms with van der Waals surface area (Å²) < 4.78 is 5.51. The molecule has 0 spiro atoms. The monoisotopic (exact) mass is 466 g/mol. The highest BCUT2D eigenvalue weighted by molar-refractivity contribution is 14.0. The molecular formula is C17H31IN4OS. The lowest BCUT2D eigenvalue weighted by Crippen LogP contribution is -2.49. The number of ether oxygens (including phenoxy) is 1. The molecule has 0 aliphatic carbocycles. The van der Waals surface area contributed by atoms with Gasteiger partial charge in [-0.05, 0) is 38.6 Å². The molecule has 7 heteroatoms. The smallest absolute Gasteiger partial charge is 0.191 e. The van der Waals surface area contributed by atoms with Crippen LogP contribution < -0.4 is 10.6 Å². The highest BCUT2D eigenvalue weighted by Crippen LogP contribution is 2.11. The van der Waals surface area contributed by atoms with Crippen molar-refractivity contribution in [3.8, 4) is 0 Å². The summed E-state index contributed by atoms with van der Waals surface area (Å²) in [6.45, 7) is 11.8. The fraction of sp³-hybridized carbons (Fsp3) is 0.706. The fourth-order valence-electron chi connectivity index (χ4n) is 2.82. The van der Waals surface area contributed by atoms with Crippen LogP contribution in [0, 0.1) is 0 Å². The molecule has 0 bridgehead atoms. The van der Waals surface area contributed by atoms with Gasteiger partial charge < -0.3 is 15.4 Å². The molecule has 1 fully saturated rings. The zero-order valence-electron chi connectivity index (χ0n) is 15.0. The van der Waals surface area contributed by atoms with Crippen LogP contribution in [0.3, 0.4) is 0 Å². The second-order valence-electron chi connectivity index (χ2n) is 5.99. The van der Waals surface area contributed by atoms with Gasteiger partial charge in [0.1, 0.15) is 0 Å². The van der Waals surface area contributed by atoms with Crippen molar-refractivity contribution >= 4 is 41.3 Å². The molecule has 5 nitrogen and oxygen atoms in total. The van der Waals surface area contributed by atoms with Crippen molar-refractivity contribution in [2.75, 3.05) is 39.4 Å². The summed E-state index contributed by atoms with van der Waals surface area (Å²) in [7, 11) is 0. The number of thiophene rings is 1. The van der Waals surface area contributed by atoms with Gasteiger partial charge in [-0.25, -0.2) is 0 Å². The highest BCUT2D eigenvalue weighted by atomic mass is 127. The summed E-state index contributed by atoms with van der Waals surface area (Å²) in [5.74, 6) is 0.914. The van der Waals surface area contributed by atoms with E-state index in [4.69, 9.17) is 9.73 Å². The van der Waals surface area contributed by atoms with Gasteiger partial charge in [-0.1, -0.05) is 6.07 Å².